The van der Waals surface area contributed by atoms with E-state index in [0.29, 0.717) is 11.5 Å². The van der Waals surface area contributed by atoms with Crippen LogP contribution in [0, 0.1) is 19.8 Å². The number of nitrogens with zero attached hydrogens (tertiary/aromatic N) is 3. The summed E-state index contributed by atoms with van der Waals surface area (Å²) < 4.78 is 2.05. The summed E-state index contributed by atoms with van der Waals surface area (Å²) in [6, 6.07) is 18.2. The van der Waals surface area contributed by atoms with Gasteiger partial charge < -0.3 is 5.73 Å². The third kappa shape index (κ3) is 4.02. The van der Waals surface area contributed by atoms with Crippen LogP contribution in [0.2, 0.25) is 0 Å². The van der Waals surface area contributed by atoms with Crippen LogP contribution in [0.1, 0.15) is 53.1 Å². The zero-order valence-corrected chi connectivity index (χ0v) is 18.9. The molecule has 0 bridgehead atoms. The molecular weight excluding hydrogens is 384 g/mol. The Bertz CT molecular complexity index is 1090. The molecule has 31 heavy (non-hydrogen) atoms. The van der Waals surface area contributed by atoms with Gasteiger partial charge in [-0.05, 0) is 68.0 Å². The van der Waals surface area contributed by atoms with Gasteiger partial charge in [-0.3, -0.25) is 9.69 Å². The summed E-state index contributed by atoms with van der Waals surface area (Å²) in [5.74, 6) is 0.0890. The second-order valence-corrected chi connectivity index (χ2v) is 9.15. The van der Waals surface area contributed by atoms with E-state index in [1.165, 1.54) is 16.8 Å². The van der Waals surface area contributed by atoms with Gasteiger partial charge in [0.2, 0.25) is 5.91 Å². The van der Waals surface area contributed by atoms with Crippen molar-refractivity contribution >= 4 is 5.91 Å². The minimum atomic E-state index is -0.364. The first kappa shape index (κ1) is 21.3. The molecule has 0 saturated carbocycles. The summed E-state index contributed by atoms with van der Waals surface area (Å²) in [7, 11) is 0. The molecule has 1 aliphatic heterocycles. The summed E-state index contributed by atoms with van der Waals surface area (Å²) in [4.78, 5) is 14.2. The van der Waals surface area contributed by atoms with E-state index in [4.69, 9.17) is 10.8 Å². The van der Waals surface area contributed by atoms with E-state index in [1.54, 1.807) is 6.07 Å². The van der Waals surface area contributed by atoms with Crippen LogP contribution in [-0.2, 0) is 12.0 Å². The minimum absolute atomic E-state index is 0.0280. The van der Waals surface area contributed by atoms with Crippen LogP contribution >= 0.6 is 0 Å². The molecule has 0 aliphatic carbocycles. The Morgan fingerprint density at radius 3 is 2.58 bits per heavy atom. The molecule has 5 nitrogen and oxygen atoms in total. The molecule has 5 heteroatoms. The third-order valence-corrected chi connectivity index (χ3v) is 7.20. The van der Waals surface area contributed by atoms with Crippen LogP contribution in [0.4, 0.5) is 0 Å². The Kier molecular flexibility index (Phi) is 5.71. The number of para-hydroxylation sites is 1. The fourth-order valence-electron chi connectivity index (χ4n) is 4.87. The number of benzene rings is 2. The number of carbonyl (C=O) groups excluding carboxylic acids is 1. The van der Waals surface area contributed by atoms with Crippen LogP contribution in [0.3, 0.4) is 0 Å². The van der Waals surface area contributed by atoms with Crippen molar-refractivity contribution in [2.24, 2.45) is 11.7 Å². The molecule has 2 atom stereocenters. The lowest BCUT2D eigenvalue weighted by molar-refractivity contribution is 0.0995. The van der Waals surface area contributed by atoms with Crippen LogP contribution in [0.25, 0.3) is 5.69 Å². The van der Waals surface area contributed by atoms with Gasteiger partial charge >= 0.3 is 0 Å². The number of amides is 1. The smallest absolute Gasteiger partial charge is 0.248 e. The van der Waals surface area contributed by atoms with E-state index in [0.717, 1.165) is 37.4 Å². The van der Waals surface area contributed by atoms with Crippen molar-refractivity contribution in [3.05, 3.63) is 82.7 Å². The first-order chi connectivity index (χ1) is 14.8. The highest BCUT2D eigenvalue weighted by Crippen LogP contribution is 2.40. The van der Waals surface area contributed by atoms with Crippen molar-refractivity contribution in [2.45, 2.75) is 46.1 Å². The average molecular weight is 417 g/mol. The summed E-state index contributed by atoms with van der Waals surface area (Å²) in [5.41, 5.74) is 12.1. The van der Waals surface area contributed by atoms with Crippen LogP contribution in [0.5, 0.6) is 0 Å². The minimum Gasteiger partial charge on any atom is -0.366 e. The van der Waals surface area contributed by atoms with Crippen LogP contribution in [0.15, 0.2) is 54.6 Å². The molecule has 4 rings (SSSR count). The lowest BCUT2D eigenvalue weighted by atomic mass is 9.67. The monoisotopic (exact) mass is 416 g/mol. The highest BCUT2D eigenvalue weighted by Gasteiger charge is 2.38. The number of rotatable bonds is 5. The number of likely N-dealkylation sites (tertiary alicyclic amines) is 1. The van der Waals surface area contributed by atoms with Crippen molar-refractivity contribution in [2.75, 3.05) is 13.1 Å². The Morgan fingerprint density at radius 2 is 1.90 bits per heavy atom. The molecule has 2 heterocycles. The highest BCUT2D eigenvalue weighted by atomic mass is 16.1. The van der Waals surface area contributed by atoms with E-state index >= 15 is 0 Å². The van der Waals surface area contributed by atoms with Gasteiger partial charge in [-0.1, -0.05) is 44.2 Å². The maximum absolute atomic E-state index is 11.7. The number of piperidine rings is 1. The lowest BCUT2D eigenvalue weighted by Crippen LogP contribution is -2.47. The van der Waals surface area contributed by atoms with Gasteiger partial charge in [-0.25, -0.2) is 4.68 Å². The van der Waals surface area contributed by atoms with Crippen LogP contribution < -0.4 is 5.73 Å². The number of carbonyl (C=O) groups is 1. The summed E-state index contributed by atoms with van der Waals surface area (Å²) in [6.45, 7) is 11.8. The predicted octanol–water partition coefficient (Wildman–Crippen LogP) is 4.39. The lowest BCUT2D eigenvalue weighted by Gasteiger charge is -2.45. The number of aryl methyl sites for hydroxylation is 1. The Labute approximate surface area is 184 Å². The van der Waals surface area contributed by atoms with Gasteiger partial charge in [0.15, 0.2) is 0 Å². The summed E-state index contributed by atoms with van der Waals surface area (Å²) in [5, 5.41) is 4.81. The quantitative estimate of drug-likeness (QED) is 0.671. The molecule has 0 spiro atoms. The fraction of sp³-hybridized carbons (Fsp3) is 0.385. The molecule has 0 unspecified atom stereocenters. The van der Waals surface area contributed by atoms with Gasteiger partial charge in [0.25, 0.3) is 0 Å². The Morgan fingerprint density at radius 1 is 1.16 bits per heavy atom. The first-order valence-electron chi connectivity index (χ1n) is 11.0. The predicted molar refractivity (Wildman–Crippen MR) is 124 cm³/mol. The molecule has 1 amide bonds. The maximum atomic E-state index is 11.7. The second kappa shape index (κ2) is 8.31. The summed E-state index contributed by atoms with van der Waals surface area (Å²) >= 11 is 0. The van der Waals surface area contributed by atoms with Gasteiger partial charge in [-0.2, -0.15) is 5.10 Å². The van der Waals surface area contributed by atoms with Gasteiger partial charge in [-0.15, -0.1) is 0 Å². The number of primary amides is 1. The molecule has 1 saturated heterocycles. The van der Waals surface area contributed by atoms with Crippen molar-refractivity contribution in [3.63, 3.8) is 0 Å². The van der Waals surface area contributed by atoms with Crippen molar-refractivity contribution in [3.8, 4) is 5.69 Å². The molecule has 2 aromatic carbocycles. The average Bonchev–Trinajstić information content (AvgIpc) is 3.05. The summed E-state index contributed by atoms with van der Waals surface area (Å²) in [6.07, 6.45) is 1.04. The molecule has 1 fully saturated rings. The van der Waals surface area contributed by atoms with Gasteiger partial charge in [0.05, 0.1) is 11.4 Å². The molecule has 1 aromatic heterocycles. The third-order valence-electron chi connectivity index (χ3n) is 7.20. The normalized spacial score (nSPS) is 21.9. The van der Waals surface area contributed by atoms with Crippen molar-refractivity contribution in [1.29, 1.82) is 0 Å². The highest BCUT2D eigenvalue weighted by molar-refractivity contribution is 5.92. The SMILES string of the molecule is Cc1nn(-c2ccccc2)c(C)c1CN1CC[C@@](C)(c2cccc(C(N)=O)c2)[C@@H](C)C1. The zero-order chi connectivity index (χ0) is 22.2. The van der Waals surface area contributed by atoms with E-state index < -0.39 is 0 Å². The Balaban J connectivity index is 1.52. The van der Waals surface area contributed by atoms with E-state index in [1.807, 2.05) is 30.3 Å². The molecule has 1 aliphatic rings. The van der Waals surface area contributed by atoms with E-state index in [9.17, 15) is 4.79 Å². The molecule has 3 aromatic rings. The molecular formula is C26H32N4O. The van der Waals surface area contributed by atoms with Crippen molar-refractivity contribution < 1.29 is 4.79 Å². The number of hydrogen-bond acceptors (Lipinski definition) is 3. The maximum Gasteiger partial charge on any atom is 0.248 e. The molecule has 2 N–H and O–H groups in total. The van der Waals surface area contributed by atoms with E-state index in [-0.39, 0.29) is 11.3 Å². The number of aromatic nitrogens is 2. The Hall–Kier alpha value is -2.92. The second-order valence-electron chi connectivity index (χ2n) is 9.15. The number of nitrogens with two attached hydrogens (primary N) is 1. The molecule has 0 radical (unpaired) electrons. The zero-order valence-electron chi connectivity index (χ0n) is 18.9. The first-order valence-corrected chi connectivity index (χ1v) is 11.0. The van der Waals surface area contributed by atoms with Gasteiger partial charge in [0.1, 0.15) is 0 Å². The van der Waals surface area contributed by atoms with Crippen molar-refractivity contribution in [1.82, 2.24) is 14.7 Å². The van der Waals surface area contributed by atoms with Crippen LogP contribution in [-0.4, -0.2) is 33.7 Å². The molecule has 162 valence electrons. The van der Waals surface area contributed by atoms with Gasteiger partial charge in [0, 0.05) is 29.9 Å². The number of hydrogen-bond donors (Lipinski definition) is 1. The largest absolute Gasteiger partial charge is 0.366 e. The standard InChI is InChI=1S/C26H32N4O/c1-18-16-29(14-13-26(18,4)22-10-8-9-21(15-22)25(27)31)17-24-19(2)28-30(20(24)3)23-11-6-5-7-12-23/h5-12,15,18H,13-14,16-17H2,1-4H3,(H2,27,31)/t18-,26+/m0/s1. The van der Waals surface area contributed by atoms with E-state index in [2.05, 4.69) is 55.5 Å². The topological polar surface area (TPSA) is 64.2 Å². The fourth-order valence-corrected chi connectivity index (χ4v) is 4.87.